The van der Waals surface area contributed by atoms with Crippen LogP contribution in [0.2, 0.25) is 0 Å². The Kier molecular flexibility index (Phi) is 11.0. The quantitative estimate of drug-likeness (QED) is 0.0556. The smallest absolute Gasteiger partial charge is 0.335 e. The van der Waals surface area contributed by atoms with Crippen LogP contribution in [0.15, 0.2) is 36.0 Å². The highest BCUT2D eigenvalue weighted by atomic mass is 16.7. The Morgan fingerprint density at radius 3 is 2.48 bits per heavy atom. The number of allylic oxidation sites excluding steroid dienone is 6. The number of hydrogen-bond donors (Lipinski definition) is 7. The Labute approximate surface area is 384 Å². The van der Waals surface area contributed by atoms with Crippen molar-refractivity contribution in [3.63, 3.8) is 0 Å². The van der Waals surface area contributed by atoms with Crippen molar-refractivity contribution in [3.05, 3.63) is 36.0 Å². The van der Waals surface area contributed by atoms with E-state index in [1.165, 1.54) is 5.57 Å². The Morgan fingerprint density at radius 1 is 0.985 bits per heavy atom. The van der Waals surface area contributed by atoms with Crippen LogP contribution >= 0.6 is 0 Å². The SMILES string of the molecule is CNCCNCC1CC2C=C3C45C=CCC(C)(CC(COC)C4(C(=O)O)CC4CCCC67CCC8C(C)(C)C(OC9OC(C(=O)O)C(O)C(O)C9O)CC1C8(C)C26C=CC(CC=O)C347)C5. The van der Waals surface area contributed by atoms with E-state index in [-0.39, 0.29) is 63.1 Å². The highest BCUT2D eigenvalue weighted by Gasteiger charge is 2.87. The summed E-state index contributed by atoms with van der Waals surface area (Å²) in [4.78, 5) is 40.0. The van der Waals surface area contributed by atoms with E-state index < -0.39 is 70.4 Å². The predicted molar refractivity (Wildman–Crippen MR) is 240 cm³/mol. The third-order valence-corrected chi connectivity index (χ3v) is 21.7. The second-order valence-corrected chi connectivity index (χ2v) is 24.1. The number of rotatable bonds is 13. The molecule has 0 aromatic carbocycles. The molecular weight excluding hydrogens is 829 g/mol. The van der Waals surface area contributed by atoms with E-state index in [1.54, 1.807) is 7.11 Å². The lowest BCUT2D eigenvalue weighted by Gasteiger charge is -2.86. The van der Waals surface area contributed by atoms with Crippen LogP contribution in [0.3, 0.4) is 0 Å². The Morgan fingerprint density at radius 2 is 1.77 bits per heavy atom. The molecule has 4 bridgehead atoms. The van der Waals surface area contributed by atoms with E-state index in [0.29, 0.717) is 25.9 Å². The van der Waals surface area contributed by atoms with Gasteiger partial charge in [-0.3, -0.25) is 4.79 Å². The summed E-state index contributed by atoms with van der Waals surface area (Å²) in [6.45, 7) is 12.2. The maximum atomic E-state index is 14.7. The van der Waals surface area contributed by atoms with Crippen molar-refractivity contribution >= 4 is 18.2 Å². The third-order valence-electron chi connectivity index (χ3n) is 21.7. The number of aldehydes is 1. The molecule has 13 heteroatoms. The highest BCUT2D eigenvalue weighted by molar-refractivity contribution is 5.80. The fraction of sp³-hybridized carbons (Fsp3) is 0.827. The molecule has 9 aliphatic carbocycles. The van der Waals surface area contributed by atoms with Crippen LogP contribution < -0.4 is 10.6 Å². The summed E-state index contributed by atoms with van der Waals surface area (Å²) < 4.78 is 18.7. The van der Waals surface area contributed by atoms with E-state index in [1.807, 2.05) is 7.05 Å². The van der Waals surface area contributed by atoms with E-state index in [0.717, 1.165) is 83.7 Å². The first-order valence-electron chi connectivity index (χ1n) is 25.1. The zero-order chi connectivity index (χ0) is 46.3. The minimum atomic E-state index is -1.81. The average Bonchev–Trinajstić information content (AvgIpc) is 3.24. The molecule has 1 heterocycles. The summed E-state index contributed by atoms with van der Waals surface area (Å²) in [6, 6.07) is 0. The second kappa shape index (κ2) is 15.5. The maximum absolute atomic E-state index is 14.7. The summed E-state index contributed by atoms with van der Waals surface area (Å²) in [5.41, 5.74) is -2.34. The summed E-state index contributed by atoms with van der Waals surface area (Å²) in [7, 11) is 3.68. The molecule has 0 radical (unpaired) electrons. The van der Waals surface area contributed by atoms with Crippen LogP contribution in [0.1, 0.15) is 105 Å². The monoisotopic (exact) mass is 905 g/mol. The zero-order valence-electron chi connectivity index (χ0n) is 39.5. The molecule has 0 amide bonds. The molecule has 0 aromatic heterocycles. The fourth-order valence-corrected chi connectivity index (χ4v) is 20.0. The molecule has 1 saturated heterocycles. The Hall–Kier alpha value is -2.49. The molecule has 0 aromatic rings. The summed E-state index contributed by atoms with van der Waals surface area (Å²) in [5, 5.41) is 61.8. The standard InChI is InChI=1S/C52H76N2O11/c1-45(2)35-11-16-49-15-7-9-31-25-50(44(61)62)33(27-63-6)24-46(3)13-8-14-48(50,28-46)36-22-32-21-29(26-54-19-18-53-5)34(47(35,4)51(32,49)17-10-30(12-20-55)52(31,36)49)23-37(45)64-43-40(58)38(56)39(57)41(65-43)42(59)60/h8,10,14,17,20,22,29-35,37-41,43,53-54,56-58H,7,9,11-13,15-16,18-19,21,23-28H2,1-6H3,(H,59,60)(H,61,62). The lowest BCUT2D eigenvalue weighted by molar-refractivity contribution is -0.358. The number of nitrogens with one attached hydrogen (secondary N) is 2. The molecule has 360 valence electrons. The number of likely N-dealkylation sites (N-methyl/N-ethyl adjacent to an activating group) is 1. The highest BCUT2D eigenvalue weighted by Crippen LogP contribution is 2.91. The first-order valence-corrected chi connectivity index (χ1v) is 25.1. The molecule has 65 heavy (non-hydrogen) atoms. The predicted octanol–water partition coefficient (Wildman–Crippen LogP) is 5.13. The Bertz CT molecular complexity index is 2040. The third kappa shape index (κ3) is 5.53. The maximum Gasteiger partial charge on any atom is 0.335 e. The zero-order valence-corrected chi connectivity index (χ0v) is 39.5. The minimum Gasteiger partial charge on any atom is -0.481 e. The lowest BCUT2D eigenvalue weighted by Crippen LogP contribution is -2.82. The van der Waals surface area contributed by atoms with Crippen molar-refractivity contribution < 1.29 is 54.1 Å². The molecular formula is C52H76N2O11. The van der Waals surface area contributed by atoms with Gasteiger partial charge in [-0.25, -0.2) is 4.79 Å². The van der Waals surface area contributed by atoms with Crippen LogP contribution in [-0.4, -0.2) is 121 Å². The normalized spacial score (nSPS) is 52.9. The molecule has 20 unspecified atom stereocenters. The molecule has 4 spiro atoms. The number of methoxy groups -OCH3 is 1. The van der Waals surface area contributed by atoms with Crippen molar-refractivity contribution in [2.45, 2.75) is 142 Å². The number of ether oxygens (including phenoxy) is 3. The topological polar surface area (TPSA) is 204 Å². The van der Waals surface area contributed by atoms with Crippen LogP contribution in [0.5, 0.6) is 0 Å². The van der Waals surface area contributed by atoms with E-state index in [9.17, 15) is 39.9 Å². The van der Waals surface area contributed by atoms with Crippen LogP contribution in [-0.2, 0) is 28.6 Å². The second-order valence-electron chi connectivity index (χ2n) is 24.1. The molecule has 7 fully saturated rings. The van der Waals surface area contributed by atoms with Gasteiger partial charge in [0.1, 0.15) is 24.6 Å². The van der Waals surface area contributed by atoms with Gasteiger partial charge in [0, 0.05) is 48.8 Å². The van der Waals surface area contributed by atoms with E-state index in [4.69, 9.17) is 14.2 Å². The number of fused-ring (bicyclic) bond motifs is 1. The number of aliphatic carboxylic acids is 2. The van der Waals surface area contributed by atoms with Gasteiger partial charge in [0.25, 0.3) is 0 Å². The number of aliphatic hydroxyl groups is 3. The number of carbonyl (C=O) groups excluding carboxylic acids is 1. The molecule has 1 aliphatic heterocycles. The van der Waals surface area contributed by atoms with E-state index in [2.05, 4.69) is 68.7 Å². The lowest BCUT2D eigenvalue weighted by atomic mass is 9.17. The number of aliphatic hydroxyl groups excluding tert-OH is 3. The molecule has 10 rings (SSSR count). The molecule has 13 nitrogen and oxygen atoms in total. The van der Waals surface area contributed by atoms with Crippen molar-refractivity contribution in [1.29, 1.82) is 0 Å². The molecule has 20 atom stereocenters. The average molecular weight is 905 g/mol. The number of carboxylic acid groups (broad SMARTS) is 2. The molecule has 10 aliphatic rings. The first kappa shape index (κ1) is 46.2. The van der Waals surface area contributed by atoms with Gasteiger partial charge in [0.05, 0.1) is 18.1 Å². The van der Waals surface area contributed by atoms with Gasteiger partial charge in [0.15, 0.2) is 12.4 Å². The van der Waals surface area contributed by atoms with Crippen LogP contribution in [0, 0.1) is 84.7 Å². The van der Waals surface area contributed by atoms with Crippen molar-refractivity contribution in [2.24, 2.45) is 84.7 Å². The molecule has 6 saturated carbocycles. The van der Waals surface area contributed by atoms with Gasteiger partial charge in [-0.1, -0.05) is 70.1 Å². The van der Waals surface area contributed by atoms with Gasteiger partial charge in [0.2, 0.25) is 0 Å². The van der Waals surface area contributed by atoms with Gasteiger partial charge in [-0.2, -0.15) is 0 Å². The summed E-state index contributed by atoms with van der Waals surface area (Å²) in [5.74, 6) is -1.78. The van der Waals surface area contributed by atoms with Gasteiger partial charge in [-0.15, -0.1) is 0 Å². The summed E-state index contributed by atoms with van der Waals surface area (Å²) >= 11 is 0. The minimum absolute atomic E-state index is 0.0604. The van der Waals surface area contributed by atoms with Crippen molar-refractivity contribution in [3.8, 4) is 0 Å². The van der Waals surface area contributed by atoms with Crippen LogP contribution in [0.25, 0.3) is 0 Å². The first-order chi connectivity index (χ1) is 30.9. The van der Waals surface area contributed by atoms with Crippen molar-refractivity contribution in [2.75, 3.05) is 40.4 Å². The van der Waals surface area contributed by atoms with E-state index >= 15 is 0 Å². The van der Waals surface area contributed by atoms with Gasteiger partial charge in [-0.05, 0) is 135 Å². The number of carboxylic acids is 2. The van der Waals surface area contributed by atoms with Crippen molar-refractivity contribution in [1.82, 2.24) is 10.6 Å². The van der Waals surface area contributed by atoms with Crippen LogP contribution in [0.4, 0.5) is 0 Å². The number of carbonyl (C=O) groups is 3. The number of hydrogen-bond acceptors (Lipinski definition) is 11. The fourth-order valence-electron chi connectivity index (χ4n) is 20.0. The van der Waals surface area contributed by atoms with Gasteiger partial charge >= 0.3 is 11.9 Å². The van der Waals surface area contributed by atoms with Gasteiger partial charge < -0.3 is 55.2 Å². The molecule has 7 N–H and O–H groups in total. The summed E-state index contributed by atoms with van der Waals surface area (Å²) in [6.07, 6.45) is 14.5. The largest absolute Gasteiger partial charge is 0.481 e. The Balaban J connectivity index is 1.19.